The lowest BCUT2D eigenvalue weighted by molar-refractivity contribution is 0.101. The van der Waals surface area contributed by atoms with Gasteiger partial charge >= 0.3 is 0 Å². The summed E-state index contributed by atoms with van der Waals surface area (Å²) in [6, 6.07) is 4.93. The molecule has 3 rings (SSSR count). The summed E-state index contributed by atoms with van der Waals surface area (Å²) in [5, 5.41) is 0.433. The highest BCUT2D eigenvalue weighted by Gasteiger charge is 2.27. The maximum atomic E-state index is 12.4. The van der Waals surface area contributed by atoms with Crippen molar-refractivity contribution in [1.29, 1.82) is 0 Å². The highest BCUT2D eigenvalue weighted by Crippen LogP contribution is 2.42. The first-order chi connectivity index (χ1) is 11.8. The van der Waals surface area contributed by atoms with Crippen molar-refractivity contribution in [2.24, 2.45) is 5.92 Å². The third-order valence-electron chi connectivity index (χ3n) is 4.53. The van der Waals surface area contributed by atoms with Crippen LogP contribution in [0.5, 0.6) is 11.5 Å². The molecule has 2 heterocycles. The van der Waals surface area contributed by atoms with Gasteiger partial charge in [-0.1, -0.05) is 25.4 Å². The normalized spacial score (nSPS) is 15.8. The van der Waals surface area contributed by atoms with E-state index >= 15 is 0 Å². The number of pyridine rings is 1. The van der Waals surface area contributed by atoms with Crippen molar-refractivity contribution >= 4 is 17.4 Å². The van der Waals surface area contributed by atoms with Crippen LogP contribution in [0.4, 0.5) is 0 Å². The fourth-order valence-corrected chi connectivity index (χ4v) is 3.33. The van der Waals surface area contributed by atoms with E-state index in [1.54, 1.807) is 25.4 Å². The fraction of sp³-hybridized carbons (Fsp3) is 0.368. The van der Waals surface area contributed by atoms with Crippen LogP contribution in [-0.2, 0) is 0 Å². The number of ketones is 1. The molecule has 1 aromatic heterocycles. The molecule has 6 heteroatoms. The Labute approximate surface area is 151 Å². The summed E-state index contributed by atoms with van der Waals surface area (Å²) in [6.45, 7) is 5.97. The Kier molecular flexibility index (Phi) is 4.60. The van der Waals surface area contributed by atoms with Gasteiger partial charge in [0.25, 0.3) is 0 Å². The smallest absolute Gasteiger partial charge is 0.192 e. The summed E-state index contributed by atoms with van der Waals surface area (Å²) >= 11 is 6.28. The number of aromatic nitrogens is 1. The van der Waals surface area contributed by atoms with Gasteiger partial charge in [-0.05, 0) is 18.9 Å². The van der Waals surface area contributed by atoms with Crippen LogP contribution in [0.25, 0.3) is 11.3 Å². The lowest BCUT2D eigenvalue weighted by Crippen LogP contribution is -2.25. The minimum atomic E-state index is -0.305. The van der Waals surface area contributed by atoms with Gasteiger partial charge in [-0.3, -0.25) is 9.59 Å². The monoisotopic (exact) mass is 361 g/mol. The molecule has 0 saturated heterocycles. The molecule has 0 amide bonds. The van der Waals surface area contributed by atoms with Gasteiger partial charge in [-0.2, -0.15) is 0 Å². The molecular formula is C19H20ClNO4. The number of nitrogens with zero attached hydrogens (tertiary/aromatic N) is 1. The van der Waals surface area contributed by atoms with Crippen LogP contribution in [0.3, 0.4) is 0 Å². The van der Waals surface area contributed by atoms with E-state index in [1.165, 1.54) is 13.0 Å². The van der Waals surface area contributed by atoms with Crippen LogP contribution in [0.15, 0.2) is 29.2 Å². The van der Waals surface area contributed by atoms with Gasteiger partial charge in [0.15, 0.2) is 11.2 Å². The molecule has 0 N–H and O–H groups in total. The number of hydrogen-bond acceptors (Lipinski definition) is 4. The lowest BCUT2D eigenvalue weighted by atomic mass is 10.0. The Morgan fingerprint density at radius 1 is 1.36 bits per heavy atom. The summed E-state index contributed by atoms with van der Waals surface area (Å²) in [6.07, 6.45) is 1.64. The van der Waals surface area contributed by atoms with Crippen molar-refractivity contribution in [3.8, 4) is 22.8 Å². The highest BCUT2D eigenvalue weighted by atomic mass is 35.5. The van der Waals surface area contributed by atoms with Gasteiger partial charge in [-0.15, -0.1) is 0 Å². The third-order valence-corrected chi connectivity index (χ3v) is 4.82. The van der Waals surface area contributed by atoms with Crippen molar-refractivity contribution in [3.05, 3.63) is 45.2 Å². The Bertz CT molecular complexity index is 901. The highest BCUT2D eigenvalue weighted by molar-refractivity contribution is 6.32. The largest absolute Gasteiger partial charge is 0.495 e. The Morgan fingerprint density at radius 2 is 2.08 bits per heavy atom. The van der Waals surface area contributed by atoms with E-state index in [9.17, 15) is 9.59 Å². The lowest BCUT2D eigenvalue weighted by Gasteiger charge is -2.24. The molecule has 1 aromatic carbocycles. The van der Waals surface area contributed by atoms with E-state index in [0.29, 0.717) is 34.4 Å². The minimum Gasteiger partial charge on any atom is -0.495 e. The zero-order chi connectivity index (χ0) is 18.3. The number of halogens is 1. The van der Waals surface area contributed by atoms with Crippen molar-refractivity contribution in [1.82, 2.24) is 4.57 Å². The van der Waals surface area contributed by atoms with Gasteiger partial charge in [0.1, 0.15) is 18.1 Å². The topological polar surface area (TPSA) is 57.5 Å². The molecule has 0 aliphatic carbocycles. The number of ether oxygens (including phenoxy) is 2. The number of hydrogen-bond donors (Lipinski definition) is 0. The second-order valence-electron chi connectivity index (χ2n) is 6.51. The van der Waals surface area contributed by atoms with E-state index in [2.05, 4.69) is 13.8 Å². The molecule has 0 radical (unpaired) electrons. The number of benzene rings is 1. The SMILES string of the molecule is COc1cc2c(cc1Cl)-c1cc(=O)c(C(C)=O)cn1[C@H](C(C)C)CO2. The summed E-state index contributed by atoms with van der Waals surface area (Å²) < 4.78 is 13.2. The molecule has 0 fully saturated rings. The van der Waals surface area contributed by atoms with Crippen LogP contribution in [0, 0.1) is 5.92 Å². The summed E-state index contributed by atoms with van der Waals surface area (Å²) in [5.74, 6) is 1.11. The Morgan fingerprint density at radius 3 is 2.68 bits per heavy atom. The number of fused-ring (bicyclic) bond motifs is 3. The molecule has 0 bridgehead atoms. The third kappa shape index (κ3) is 3.04. The molecule has 1 atom stereocenters. The zero-order valence-corrected chi connectivity index (χ0v) is 15.4. The van der Waals surface area contributed by atoms with Crippen LogP contribution in [0.2, 0.25) is 5.02 Å². The van der Waals surface area contributed by atoms with Crippen LogP contribution < -0.4 is 14.9 Å². The van der Waals surface area contributed by atoms with E-state index in [1.807, 2.05) is 4.57 Å². The Hall–Kier alpha value is -2.27. The van der Waals surface area contributed by atoms with Gasteiger partial charge in [0, 0.05) is 23.9 Å². The van der Waals surface area contributed by atoms with Crippen molar-refractivity contribution in [2.45, 2.75) is 26.8 Å². The Balaban J connectivity index is 2.33. The van der Waals surface area contributed by atoms with Gasteiger partial charge in [0.2, 0.25) is 0 Å². The van der Waals surface area contributed by atoms with E-state index in [4.69, 9.17) is 21.1 Å². The molecule has 5 nitrogen and oxygen atoms in total. The predicted octanol–water partition coefficient (Wildman–Crippen LogP) is 3.97. The second-order valence-corrected chi connectivity index (χ2v) is 6.91. The second kappa shape index (κ2) is 6.56. The van der Waals surface area contributed by atoms with Crippen molar-refractivity contribution < 1.29 is 14.3 Å². The van der Waals surface area contributed by atoms with Gasteiger partial charge < -0.3 is 14.0 Å². The molecule has 2 aromatic rings. The average molecular weight is 362 g/mol. The van der Waals surface area contributed by atoms with E-state index < -0.39 is 0 Å². The molecular weight excluding hydrogens is 342 g/mol. The zero-order valence-electron chi connectivity index (χ0n) is 14.6. The van der Waals surface area contributed by atoms with Crippen molar-refractivity contribution in [2.75, 3.05) is 13.7 Å². The molecule has 0 unspecified atom stereocenters. The van der Waals surface area contributed by atoms with Crippen LogP contribution >= 0.6 is 11.6 Å². The first-order valence-electron chi connectivity index (χ1n) is 8.11. The maximum Gasteiger partial charge on any atom is 0.192 e. The van der Waals surface area contributed by atoms with Gasteiger partial charge in [0.05, 0.1) is 29.4 Å². The van der Waals surface area contributed by atoms with Crippen LogP contribution in [0.1, 0.15) is 37.2 Å². The summed E-state index contributed by atoms with van der Waals surface area (Å²) in [5.41, 5.74) is 1.27. The number of Topliss-reactive ketones (excluding diaryl/α,β-unsaturated/α-hetero) is 1. The maximum absolute atomic E-state index is 12.4. The summed E-state index contributed by atoms with van der Waals surface area (Å²) in [7, 11) is 1.54. The first-order valence-corrected chi connectivity index (χ1v) is 8.49. The number of rotatable bonds is 3. The minimum absolute atomic E-state index is 0.0223. The van der Waals surface area contributed by atoms with Crippen LogP contribution in [-0.4, -0.2) is 24.1 Å². The first kappa shape index (κ1) is 17.5. The fourth-order valence-electron chi connectivity index (χ4n) is 3.08. The number of carbonyl (C=O) groups excluding carboxylic acids is 1. The molecule has 0 saturated carbocycles. The van der Waals surface area contributed by atoms with Gasteiger partial charge in [-0.25, -0.2) is 0 Å². The quantitative estimate of drug-likeness (QED) is 0.776. The molecule has 1 aliphatic rings. The predicted molar refractivity (Wildman–Crippen MR) is 97.1 cm³/mol. The number of carbonyl (C=O) groups is 1. The average Bonchev–Trinajstić information content (AvgIpc) is 2.70. The summed E-state index contributed by atoms with van der Waals surface area (Å²) in [4.78, 5) is 24.2. The molecule has 25 heavy (non-hydrogen) atoms. The molecule has 0 spiro atoms. The van der Waals surface area contributed by atoms with E-state index in [0.717, 1.165) is 0 Å². The van der Waals surface area contributed by atoms with Crippen molar-refractivity contribution in [3.63, 3.8) is 0 Å². The standard InChI is InChI=1S/C19H20ClNO4/c1-10(2)16-9-25-18-7-19(24-4)14(20)5-12(18)15-6-17(23)13(11(3)22)8-21(15)16/h5-8,10,16H,9H2,1-4H3/t16-/m0/s1. The molecule has 132 valence electrons. The van der Waals surface area contributed by atoms with E-state index in [-0.39, 0.29) is 28.7 Å². The molecule has 1 aliphatic heterocycles. The number of methoxy groups -OCH3 is 1.